The summed E-state index contributed by atoms with van der Waals surface area (Å²) in [5, 5.41) is 11.3. The molecule has 0 aromatic heterocycles. The lowest BCUT2D eigenvalue weighted by atomic mass is 9.77. The van der Waals surface area contributed by atoms with E-state index in [0.717, 1.165) is 37.9 Å². The van der Waals surface area contributed by atoms with Gasteiger partial charge in [0.2, 0.25) is 0 Å². The molecule has 0 radical (unpaired) electrons. The first-order valence-electron chi connectivity index (χ1n) is 11.9. The van der Waals surface area contributed by atoms with Crippen molar-refractivity contribution in [1.29, 1.82) is 0 Å². The van der Waals surface area contributed by atoms with Gasteiger partial charge in [0.1, 0.15) is 5.67 Å². The molecule has 1 atom stereocenters. The van der Waals surface area contributed by atoms with Crippen LogP contribution in [0.2, 0.25) is 0 Å². The minimum atomic E-state index is -1.32. The van der Waals surface area contributed by atoms with Gasteiger partial charge in [0.15, 0.2) is 0 Å². The number of piperidine rings is 1. The maximum Gasteiger partial charge on any atom is 0.130 e. The quantitative estimate of drug-likeness (QED) is 0.477. The SMILES string of the molecule is CC(C)=CC(CC(C)(C)c1ccc(C(C)(C)F)cc1)N1CCC(O)(c2ccccc2)CC1. The molecule has 3 rings (SSSR count). The van der Waals surface area contributed by atoms with Crippen LogP contribution in [0.1, 0.15) is 77.5 Å². The second-order valence-corrected chi connectivity index (χ2v) is 10.9. The number of alkyl halides is 1. The number of aliphatic hydroxyl groups is 1. The summed E-state index contributed by atoms with van der Waals surface area (Å²) in [6.45, 7) is 13.8. The molecule has 1 saturated heterocycles. The summed E-state index contributed by atoms with van der Waals surface area (Å²) in [5.41, 5.74) is 2.17. The molecule has 1 fully saturated rings. The average molecular weight is 438 g/mol. The molecule has 1 unspecified atom stereocenters. The fourth-order valence-electron chi connectivity index (χ4n) is 4.90. The van der Waals surface area contributed by atoms with Crippen LogP contribution in [-0.2, 0) is 16.7 Å². The monoisotopic (exact) mass is 437 g/mol. The molecule has 174 valence electrons. The van der Waals surface area contributed by atoms with E-state index in [1.165, 1.54) is 11.1 Å². The molecule has 3 heteroatoms. The van der Waals surface area contributed by atoms with Crippen molar-refractivity contribution >= 4 is 0 Å². The smallest absolute Gasteiger partial charge is 0.130 e. The van der Waals surface area contributed by atoms with E-state index < -0.39 is 11.3 Å². The third kappa shape index (κ3) is 5.88. The third-order valence-corrected chi connectivity index (χ3v) is 7.00. The third-order valence-electron chi connectivity index (χ3n) is 7.00. The Labute approximate surface area is 194 Å². The Morgan fingerprint density at radius 3 is 2.00 bits per heavy atom. The zero-order valence-electron chi connectivity index (χ0n) is 20.7. The van der Waals surface area contributed by atoms with Gasteiger partial charge in [0, 0.05) is 19.1 Å². The number of likely N-dealkylation sites (tertiary alicyclic amines) is 1. The molecule has 1 aliphatic rings. The highest BCUT2D eigenvalue weighted by Gasteiger charge is 2.37. The highest BCUT2D eigenvalue weighted by Crippen LogP contribution is 2.37. The zero-order chi connectivity index (χ0) is 23.6. The molecule has 0 bridgehead atoms. The normalized spacial score (nSPS) is 18.2. The Balaban J connectivity index is 1.75. The van der Waals surface area contributed by atoms with Gasteiger partial charge in [-0.2, -0.15) is 0 Å². The number of allylic oxidation sites excluding steroid dienone is 1. The Hall–Kier alpha value is -1.97. The van der Waals surface area contributed by atoms with Gasteiger partial charge in [-0.25, -0.2) is 4.39 Å². The first-order valence-corrected chi connectivity index (χ1v) is 11.9. The summed E-state index contributed by atoms with van der Waals surface area (Å²) < 4.78 is 14.3. The second-order valence-electron chi connectivity index (χ2n) is 10.9. The van der Waals surface area contributed by atoms with Crippen molar-refractivity contribution in [2.45, 2.75) is 83.5 Å². The predicted octanol–water partition coefficient (Wildman–Crippen LogP) is 6.88. The van der Waals surface area contributed by atoms with Crippen LogP contribution in [-0.4, -0.2) is 29.1 Å². The lowest BCUT2D eigenvalue weighted by Crippen LogP contribution is -2.48. The van der Waals surface area contributed by atoms with Crippen LogP contribution in [0.3, 0.4) is 0 Å². The van der Waals surface area contributed by atoms with Gasteiger partial charge in [-0.3, -0.25) is 4.90 Å². The topological polar surface area (TPSA) is 23.5 Å². The van der Waals surface area contributed by atoms with Crippen molar-refractivity contribution in [2.24, 2.45) is 0 Å². The van der Waals surface area contributed by atoms with Crippen molar-refractivity contribution in [2.75, 3.05) is 13.1 Å². The van der Waals surface area contributed by atoms with Crippen LogP contribution in [0.25, 0.3) is 0 Å². The Morgan fingerprint density at radius 1 is 0.969 bits per heavy atom. The number of halogens is 1. The second kappa shape index (κ2) is 9.49. The van der Waals surface area contributed by atoms with E-state index in [9.17, 15) is 9.50 Å². The first-order chi connectivity index (χ1) is 14.9. The molecule has 1 aliphatic heterocycles. The lowest BCUT2D eigenvalue weighted by Gasteiger charge is -2.43. The average Bonchev–Trinajstić information content (AvgIpc) is 2.73. The molecule has 0 saturated carbocycles. The molecule has 2 aromatic carbocycles. The zero-order valence-corrected chi connectivity index (χ0v) is 20.7. The molecule has 0 aliphatic carbocycles. The standard InChI is InChI=1S/C29H40FNO/c1-22(2)20-26(21-27(3,4)23-12-14-24(15-13-23)28(5,6)30)31-18-16-29(32,17-19-31)25-10-8-7-9-11-25/h7-15,20,26,32H,16-19,21H2,1-6H3. The summed E-state index contributed by atoms with van der Waals surface area (Å²) in [6, 6.07) is 18.4. The highest BCUT2D eigenvalue weighted by atomic mass is 19.1. The predicted molar refractivity (Wildman–Crippen MR) is 133 cm³/mol. The molecular formula is C29H40FNO. The maximum absolute atomic E-state index is 14.3. The Kier molecular flexibility index (Phi) is 7.31. The van der Waals surface area contributed by atoms with Gasteiger partial charge in [0.05, 0.1) is 5.60 Å². The van der Waals surface area contributed by atoms with Gasteiger partial charge in [-0.1, -0.05) is 80.1 Å². The fourth-order valence-corrected chi connectivity index (χ4v) is 4.90. The number of nitrogens with zero attached hydrogens (tertiary/aromatic N) is 1. The number of hydrogen-bond acceptors (Lipinski definition) is 2. The van der Waals surface area contributed by atoms with Gasteiger partial charge in [-0.15, -0.1) is 0 Å². The fraction of sp³-hybridized carbons (Fsp3) is 0.517. The number of benzene rings is 2. The van der Waals surface area contributed by atoms with E-state index >= 15 is 0 Å². The number of hydrogen-bond donors (Lipinski definition) is 1. The maximum atomic E-state index is 14.3. The molecule has 0 spiro atoms. The van der Waals surface area contributed by atoms with E-state index in [1.807, 2.05) is 42.5 Å². The van der Waals surface area contributed by atoms with Crippen molar-refractivity contribution in [3.05, 3.63) is 82.9 Å². The van der Waals surface area contributed by atoms with E-state index in [2.05, 4.69) is 50.8 Å². The van der Waals surface area contributed by atoms with Gasteiger partial charge in [-0.05, 0) is 69.1 Å². The number of rotatable bonds is 7. The Bertz CT molecular complexity index is 896. The van der Waals surface area contributed by atoms with Crippen LogP contribution >= 0.6 is 0 Å². The summed E-state index contributed by atoms with van der Waals surface area (Å²) in [5.74, 6) is 0. The lowest BCUT2D eigenvalue weighted by molar-refractivity contribution is -0.0334. The minimum absolute atomic E-state index is 0.0528. The van der Waals surface area contributed by atoms with Crippen molar-refractivity contribution in [3.63, 3.8) is 0 Å². The molecule has 1 heterocycles. The van der Waals surface area contributed by atoms with Crippen LogP contribution in [0, 0.1) is 0 Å². The van der Waals surface area contributed by atoms with E-state index in [0.29, 0.717) is 11.6 Å². The molecular weight excluding hydrogens is 397 g/mol. The highest BCUT2D eigenvalue weighted by molar-refractivity contribution is 5.31. The summed E-state index contributed by atoms with van der Waals surface area (Å²) in [6.07, 6.45) is 4.82. The van der Waals surface area contributed by atoms with Crippen molar-refractivity contribution in [1.82, 2.24) is 4.90 Å². The van der Waals surface area contributed by atoms with Gasteiger partial charge in [0.25, 0.3) is 0 Å². The molecule has 2 aromatic rings. The van der Waals surface area contributed by atoms with Crippen LogP contribution in [0.15, 0.2) is 66.2 Å². The van der Waals surface area contributed by atoms with Crippen LogP contribution < -0.4 is 0 Å². The van der Waals surface area contributed by atoms with Crippen LogP contribution in [0.4, 0.5) is 4.39 Å². The minimum Gasteiger partial charge on any atom is -0.385 e. The van der Waals surface area contributed by atoms with Crippen molar-refractivity contribution in [3.8, 4) is 0 Å². The molecule has 1 N–H and O–H groups in total. The molecule has 2 nitrogen and oxygen atoms in total. The first kappa shape index (κ1) is 24.7. The summed E-state index contributed by atoms with van der Waals surface area (Å²) >= 11 is 0. The van der Waals surface area contributed by atoms with Gasteiger partial charge >= 0.3 is 0 Å². The van der Waals surface area contributed by atoms with Crippen molar-refractivity contribution < 1.29 is 9.50 Å². The van der Waals surface area contributed by atoms with E-state index in [1.54, 1.807) is 13.8 Å². The van der Waals surface area contributed by atoms with E-state index in [4.69, 9.17) is 0 Å². The largest absolute Gasteiger partial charge is 0.385 e. The molecule has 0 amide bonds. The summed E-state index contributed by atoms with van der Waals surface area (Å²) in [4.78, 5) is 2.52. The van der Waals surface area contributed by atoms with Gasteiger partial charge < -0.3 is 5.11 Å². The van der Waals surface area contributed by atoms with Crippen LogP contribution in [0.5, 0.6) is 0 Å². The van der Waals surface area contributed by atoms with E-state index in [-0.39, 0.29) is 5.41 Å². The molecule has 32 heavy (non-hydrogen) atoms. The Morgan fingerprint density at radius 2 is 1.50 bits per heavy atom. The summed E-state index contributed by atoms with van der Waals surface area (Å²) in [7, 11) is 0.